The molecule has 0 fully saturated rings. The van der Waals surface area contributed by atoms with E-state index in [0.29, 0.717) is 6.54 Å². The largest absolute Gasteiger partial charge is 0.352 e. The predicted octanol–water partition coefficient (Wildman–Crippen LogP) is -0.597. The van der Waals surface area contributed by atoms with Crippen LogP contribution in [0.15, 0.2) is 12.7 Å². The zero-order valence-corrected chi connectivity index (χ0v) is 9.30. The number of rotatable bonds is 7. The first kappa shape index (κ1) is 13.6. The molecule has 0 unspecified atom stereocenters. The SMILES string of the molecule is C=CCNCC(=O)NCC(=O)NC(C)C. The molecule has 0 aliphatic rings. The van der Waals surface area contributed by atoms with Crippen LogP contribution in [-0.4, -0.2) is 37.5 Å². The topological polar surface area (TPSA) is 70.2 Å². The van der Waals surface area contributed by atoms with Gasteiger partial charge in [0.15, 0.2) is 0 Å². The highest BCUT2D eigenvalue weighted by atomic mass is 16.2. The Bertz CT molecular complexity index is 227. The van der Waals surface area contributed by atoms with E-state index in [1.165, 1.54) is 0 Å². The third kappa shape index (κ3) is 8.96. The van der Waals surface area contributed by atoms with Crippen LogP contribution in [0.5, 0.6) is 0 Å². The van der Waals surface area contributed by atoms with Gasteiger partial charge in [-0.15, -0.1) is 6.58 Å². The molecule has 0 aromatic heterocycles. The van der Waals surface area contributed by atoms with E-state index in [-0.39, 0.29) is 30.9 Å². The highest BCUT2D eigenvalue weighted by molar-refractivity contribution is 5.85. The molecular formula is C10H19N3O2. The predicted molar refractivity (Wildman–Crippen MR) is 59.4 cm³/mol. The van der Waals surface area contributed by atoms with Gasteiger partial charge in [-0.2, -0.15) is 0 Å². The summed E-state index contributed by atoms with van der Waals surface area (Å²) in [5, 5.41) is 8.01. The van der Waals surface area contributed by atoms with E-state index < -0.39 is 0 Å². The second-order valence-corrected chi connectivity index (χ2v) is 3.42. The molecule has 5 heteroatoms. The molecule has 0 aliphatic heterocycles. The molecule has 0 spiro atoms. The maximum absolute atomic E-state index is 11.1. The van der Waals surface area contributed by atoms with Crippen LogP contribution in [-0.2, 0) is 9.59 Å². The number of amides is 2. The summed E-state index contributed by atoms with van der Waals surface area (Å²) in [7, 11) is 0. The molecule has 0 rings (SSSR count). The van der Waals surface area contributed by atoms with Crippen LogP contribution in [0.1, 0.15) is 13.8 Å². The van der Waals surface area contributed by atoms with Crippen LogP contribution in [0.25, 0.3) is 0 Å². The third-order valence-corrected chi connectivity index (χ3v) is 1.47. The third-order valence-electron chi connectivity index (χ3n) is 1.47. The van der Waals surface area contributed by atoms with Crippen molar-refractivity contribution in [2.24, 2.45) is 0 Å². The summed E-state index contributed by atoms with van der Waals surface area (Å²) in [6.07, 6.45) is 1.67. The van der Waals surface area contributed by atoms with Gasteiger partial charge in [0, 0.05) is 12.6 Å². The van der Waals surface area contributed by atoms with Crippen LogP contribution >= 0.6 is 0 Å². The van der Waals surface area contributed by atoms with Gasteiger partial charge in [0.25, 0.3) is 0 Å². The highest BCUT2D eigenvalue weighted by Crippen LogP contribution is 1.75. The van der Waals surface area contributed by atoms with Gasteiger partial charge in [-0.05, 0) is 13.8 Å². The Labute approximate surface area is 90.3 Å². The first-order chi connectivity index (χ1) is 7.06. The lowest BCUT2D eigenvalue weighted by Gasteiger charge is -2.09. The summed E-state index contributed by atoms with van der Waals surface area (Å²) < 4.78 is 0. The zero-order valence-electron chi connectivity index (χ0n) is 9.30. The smallest absolute Gasteiger partial charge is 0.239 e. The molecule has 3 N–H and O–H groups in total. The Balaban J connectivity index is 3.53. The standard InChI is InChI=1S/C10H19N3O2/c1-4-5-11-6-9(14)12-7-10(15)13-8(2)3/h4,8,11H,1,5-7H2,2-3H3,(H,12,14)(H,13,15). The molecule has 15 heavy (non-hydrogen) atoms. The minimum absolute atomic E-state index is 0.0206. The quantitative estimate of drug-likeness (QED) is 0.391. The summed E-state index contributed by atoms with van der Waals surface area (Å²) in [6, 6.07) is 0.0910. The number of carbonyl (C=O) groups is 2. The second kappa shape index (κ2) is 7.99. The summed E-state index contributed by atoms with van der Waals surface area (Å²) in [6.45, 7) is 8.03. The molecule has 2 amide bonds. The van der Waals surface area contributed by atoms with Crippen molar-refractivity contribution in [2.75, 3.05) is 19.6 Å². The molecule has 86 valence electrons. The van der Waals surface area contributed by atoms with Crippen molar-refractivity contribution in [2.45, 2.75) is 19.9 Å². The molecule has 0 heterocycles. The fraction of sp³-hybridized carbons (Fsp3) is 0.600. The minimum Gasteiger partial charge on any atom is -0.352 e. The van der Waals surface area contributed by atoms with Crippen molar-refractivity contribution in [1.29, 1.82) is 0 Å². The Morgan fingerprint density at radius 3 is 2.47 bits per heavy atom. The Hall–Kier alpha value is -1.36. The van der Waals surface area contributed by atoms with Gasteiger partial charge in [0.1, 0.15) is 0 Å². The van der Waals surface area contributed by atoms with Crippen molar-refractivity contribution < 1.29 is 9.59 Å². The summed E-state index contributed by atoms with van der Waals surface area (Å²) in [5.41, 5.74) is 0. The highest BCUT2D eigenvalue weighted by Gasteiger charge is 2.05. The molecular weight excluding hydrogens is 194 g/mol. The normalized spacial score (nSPS) is 9.80. The molecule has 0 aromatic rings. The van der Waals surface area contributed by atoms with Crippen molar-refractivity contribution in [1.82, 2.24) is 16.0 Å². The maximum Gasteiger partial charge on any atom is 0.239 e. The van der Waals surface area contributed by atoms with Crippen molar-refractivity contribution in [3.05, 3.63) is 12.7 Å². The average molecular weight is 213 g/mol. The number of hydrogen-bond acceptors (Lipinski definition) is 3. The molecule has 0 bridgehead atoms. The van der Waals surface area contributed by atoms with Crippen molar-refractivity contribution in [3.63, 3.8) is 0 Å². The van der Waals surface area contributed by atoms with E-state index in [2.05, 4.69) is 22.5 Å². The lowest BCUT2D eigenvalue weighted by atomic mass is 10.4. The van der Waals surface area contributed by atoms with Crippen molar-refractivity contribution >= 4 is 11.8 Å². The molecule has 0 saturated carbocycles. The van der Waals surface area contributed by atoms with Gasteiger partial charge in [0.2, 0.25) is 11.8 Å². The fourth-order valence-electron chi connectivity index (χ4n) is 0.902. The van der Waals surface area contributed by atoms with Crippen LogP contribution in [0, 0.1) is 0 Å². The monoisotopic (exact) mass is 213 g/mol. The van der Waals surface area contributed by atoms with Crippen LogP contribution in [0.2, 0.25) is 0 Å². The van der Waals surface area contributed by atoms with E-state index in [1.54, 1.807) is 6.08 Å². The maximum atomic E-state index is 11.1. The summed E-state index contributed by atoms with van der Waals surface area (Å²) in [4.78, 5) is 22.2. The van der Waals surface area contributed by atoms with Gasteiger partial charge < -0.3 is 16.0 Å². The fourth-order valence-corrected chi connectivity index (χ4v) is 0.902. The van der Waals surface area contributed by atoms with E-state index in [0.717, 1.165) is 0 Å². The van der Waals surface area contributed by atoms with Crippen LogP contribution < -0.4 is 16.0 Å². The van der Waals surface area contributed by atoms with E-state index in [1.807, 2.05) is 13.8 Å². The molecule has 0 atom stereocenters. The lowest BCUT2D eigenvalue weighted by molar-refractivity contribution is -0.125. The van der Waals surface area contributed by atoms with E-state index in [9.17, 15) is 9.59 Å². The average Bonchev–Trinajstić information content (AvgIpc) is 2.14. The molecule has 0 saturated heterocycles. The zero-order chi connectivity index (χ0) is 11.7. The Morgan fingerprint density at radius 2 is 1.93 bits per heavy atom. The van der Waals surface area contributed by atoms with Crippen molar-refractivity contribution in [3.8, 4) is 0 Å². The van der Waals surface area contributed by atoms with E-state index >= 15 is 0 Å². The first-order valence-electron chi connectivity index (χ1n) is 4.94. The summed E-state index contributed by atoms with van der Waals surface area (Å²) >= 11 is 0. The lowest BCUT2D eigenvalue weighted by Crippen LogP contribution is -2.42. The molecule has 0 aromatic carbocycles. The molecule has 0 radical (unpaired) electrons. The Morgan fingerprint density at radius 1 is 1.27 bits per heavy atom. The number of hydrogen-bond donors (Lipinski definition) is 3. The molecule has 0 aliphatic carbocycles. The van der Waals surface area contributed by atoms with Gasteiger partial charge in [-0.1, -0.05) is 6.08 Å². The van der Waals surface area contributed by atoms with Crippen LogP contribution in [0.4, 0.5) is 0 Å². The summed E-state index contributed by atoms with van der Waals surface area (Å²) in [5.74, 6) is -0.377. The van der Waals surface area contributed by atoms with Gasteiger partial charge in [0.05, 0.1) is 13.1 Å². The van der Waals surface area contributed by atoms with Gasteiger partial charge in [-0.25, -0.2) is 0 Å². The van der Waals surface area contributed by atoms with Gasteiger partial charge >= 0.3 is 0 Å². The molecule has 5 nitrogen and oxygen atoms in total. The van der Waals surface area contributed by atoms with Gasteiger partial charge in [-0.3, -0.25) is 9.59 Å². The number of carbonyl (C=O) groups excluding carboxylic acids is 2. The minimum atomic E-state index is -0.198. The van der Waals surface area contributed by atoms with Crippen LogP contribution in [0.3, 0.4) is 0 Å². The van der Waals surface area contributed by atoms with E-state index in [4.69, 9.17) is 0 Å². The number of nitrogens with one attached hydrogen (secondary N) is 3. The first-order valence-corrected chi connectivity index (χ1v) is 4.94. The second-order valence-electron chi connectivity index (χ2n) is 3.42. The Kier molecular flexibility index (Phi) is 7.27.